The minimum absolute atomic E-state index is 0.212. The third-order valence-corrected chi connectivity index (χ3v) is 1.65. The second-order valence-electron chi connectivity index (χ2n) is 2.92. The zero-order valence-electron chi connectivity index (χ0n) is 8.14. The Balaban J connectivity index is 2.79. The summed E-state index contributed by atoms with van der Waals surface area (Å²) >= 11 is 0. The number of rotatable bonds is 5. The molecule has 5 N–H and O–H groups in total. The molecule has 0 aliphatic heterocycles. The van der Waals surface area contributed by atoms with Crippen LogP contribution in [0.2, 0.25) is 0 Å². The molecule has 7 heteroatoms. The molecule has 1 rings (SSSR count). The predicted octanol–water partition coefficient (Wildman–Crippen LogP) is -1.90. The van der Waals surface area contributed by atoms with E-state index >= 15 is 0 Å². The molecule has 1 heterocycles. The second-order valence-corrected chi connectivity index (χ2v) is 2.92. The van der Waals surface area contributed by atoms with E-state index in [4.69, 9.17) is 11.5 Å². The van der Waals surface area contributed by atoms with Gasteiger partial charge in [0.25, 0.3) is 5.56 Å². The van der Waals surface area contributed by atoms with Gasteiger partial charge in [-0.1, -0.05) is 0 Å². The Morgan fingerprint density at radius 2 is 2.33 bits per heavy atom. The molecular formula is C8H13N5O2. The van der Waals surface area contributed by atoms with E-state index < -0.39 is 5.91 Å². The van der Waals surface area contributed by atoms with E-state index in [1.54, 1.807) is 0 Å². The molecule has 0 aliphatic carbocycles. The molecule has 0 bridgehead atoms. The Morgan fingerprint density at radius 3 is 2.87 bits per heavy atom. The zero-order valence-corrected chi connectivity index (χ0v) is 8.14. The maximum atomic E-state index is 11.4. The SMILES string of the molecule is NCCNc1cnn(CC(N)=O)c(=O)c1. The molecule has 1 aromatic rings. The van der Waals surface area contributed by atoms with Crippen LogP contribution in [-0.4, -0.2) is 28.8 Å². The monoisotopic (exact) mass is 211 g/mol. The number of carbonyl (C=O) groups is 1. The van der Waals surface area contributed by atoms with Crippen molar-refractivity contribution in [3.63, 3.8) is 0 Å². The first-order chi connectivity index (χ1) is 7.13. The number of hydrogen-bond donors (Lipinski definition) is 3. The molecule has 7 nitrogen and oxygen atoms in total. The van der Waals surface area contributed by atoms with E-state index in [9.17, 15) is 9.59 Å². The average Bonchev–Trinajstić information content (AvgIpc) is 2.18. The molecule has 15 heavy (non-hydrogen) atoms. The number of anilines is 1. The molecule has 82 valence electrons. The number of amides is 1. The van der Waals surface area contributed by atoms with Gasteiger partial charge in [-0.15, -0.1) is 0 Å². The van der Waals surface area contributed by atoms with E-state index in [2.05, 4.69) is 10.4 Å². The fourth-order valence-corrected chi connectivity index (χ4v) is 1.01. The van der Waals surface area contributed by atoms with E-state index in [-0.39, 0.29) is 12.1 Å². The van der Waals surface area contributed by atoms with Gasteiger partial charge in [0.05, 0.1) is 11.9 Å². The van der Waals surface area contributed by atoms with Crippen molar-refractivity contribution < 1.29 is 4.79 Å². The number of primary amides is 1. The normalized spacial score (nSPS) is 9.93. The standard InChI is InChI=1S/C8H13N5O2/c9-1-2-11-6-3-8(15)13(12-4-6)5-7(10)14/h3-4,11H,1-2,5,9H2,(H2,10,14). The van der Waals surface area contributed by atoms with Crippen LogP contribution >= 0.6 is 0 Å². The van der Waals surface area contributed by atoms with Crippen molar-refractivity contribution in [3.8, 4) is 0 Å². The van der Waals surface area contributed by atoms with Crippen molar-refractivity contribution in [2.24, 2.45) is 11.5 Å². The summed E-state index contributed by atoms with van der Waals surface area (Å²) in [5.74, 6) is -0.604. The van der Waals surface area contributed by atoms with Crippen molar-refractivity contribution in [2.75, 3.05) is 18.4 Å². The lowest BCUT2D eigenvalue weighted by molar-refractivity contribution is -0.118. The van der Waals surface area contributed by atoms with Crippen LogP contribution in [0.3, 0.4) is 0 Å². The van der Waals surface area contributed by atoms with E-state index in [1.807, 2.05) is 0 Å². The van der Waals surface area contributed by atoms with E-state index in [0.717, 1.165) is 4.68 Å². The summed E-state index contributed by atoms with van der Waals surface area (Å²) in [6.07, 6.45) is 1.44. The zero-order chi connectivity index (χ0) is 11.3. The number of nitrogens with one attached hydrogen (secondary N) is 1. The molecule has 0 fully saturated rings. The molecule has 0 spiro atoms. The third kappa shape index (κ3) is 3.39. The van der Waals surface area contributed by atoms with E-state index in [0.29, 0.717) is 18.8 Å². The number of carbonyl (C=O) groups excluding carboxylic acids is 1. The predicted molar refractivity (Wildman–Crippen MR) is 55.2 cm³/mol. The van der Waals surface area contributed by atoms with Gasteiger partial charge in [-0.25, -0.2) is 4.68 Å². The largest absolute Gasteiger partial charge is 0.382 e. The maximum absolute atomic E-state index is 11.4. The summed E-state index contributed by atoms with van der Waals surface area (Å²) in [7, 11) is 0. The summed E-state index contributed by atoms with van der Waals surface area (Å²) in [4.78, 5) is 21.9. The number of hydrogen-bond acceptors (Lipinski definition) is 5. The smallest absolute Gasteiger partial charge is 0.269 e. The second kappa shape index (κ2) is 5.11. The van der Waals surface area contributed by atoms with Crippen molar-refractivity contribution in [1.29, 1.82) is 0 Å². The Morgan fingerprint density at radius 1 is 1.60 bits per heavy atom. The topological polar surface area (TPSA) is 116 Å². The summed E-state index contributed by atoms with van der Waals surface area (Å²) < 4.78 is 0.996. The Labute approximate surface area is 86.1 Å². The van der Waals surface area contributed by atoms with Gasteiger partial charge in [0, 0.05) is 19.2 Å². The average molecular weight is 211 g/mol. The van der Waals surface area contributed by atoms with Gasteiger partial charge >= 0.3 is 0 Å². The van der Waals surface area contributed by atoms with Crippen LogP contribution in [0.15, 0.2) is 17.1 Å². The van der Waals surface area contributed by atoms with Crippen molar-refractivity contribution in [3.05, 3.63) is 22.6 Å². The van der Waals surface area contributed by atoms with Crippen LogP contribution in [-0.2, 0) is 11.3 Å². The summed E-state index contributed by atoms with van der Waals surface area (Å²) in [5.41, 5.74) is 10.4. The highest BCUT2D eigenvalue weighted by Gasteiger charge is 2.02. The first-order valence-corrected chi connectivity index (χ1v) is 4.43. The third-order valence-electron chi connectivity index (χ3n) is 1.65. The first kappa shape index (κ1) is 11.2. The fourth-order valence-electron chi connectivity index (χ4n) is 1.01. The van der Waals surface area contributed by atoms with Crippen molar-refractivity contribution in [1.82, 2.24) is 9.78 Å². The Bertz CT molecular complexity index is 400. The maximum Gasteiger partial charge on any atom is 0.269 e. The molecule has 0 radical (unpaired) electrons. The van der Waals surface area contributed by atoms with Crippen molar-refractivity contribution in [2.45, 2.75) is 6.54 Å². The van der Waals surface area contributed by atoms with Crippen LogP contribution in [0.4, 0.5) is 5.69 Å². The highest BCUT2D eigenvalue weighted by Crippen LogP contribution is 1.97. The molecular weight excluding hydrogens is 198 g/mol. The molecule has 0 saturated carbocycles. The van der Waals surface area contributed by atoms with Gasteiger partial charge in [-0.3, -0.25) is 9.59 Å². The number of nitrogens with two attached hydrogens (primary N) is 2. The van der Waals surface area contributed by atoms with Crippen LogP contribution in [0.1, 0.15) is 0 Å². The van der Waals surface area contributed by atoms with Crippen LogP contribution < -0.4 is 22.3 Å². The van der Waals surface area contributed by atoms with Gasteiger partial charge < -0.3 is 16.8 Å². The molecule has 0 atom stereocenters. The van der Waals surface area contributed by atoms with Crippen LogP contribution in [0, 0.1) is 0 Å². The first-order valence-electron chi connectivity index (χ1n) is 4.43. The summed E-state index contributed by atoms with van der Waals surface area (Å²) in [6.45, 7) is 0.807. The molecule has 1 amide bonds. The minimum atomic E-state index is -0.604. The fraction of sp³-hybridized carbons (Fsp3) is 0.375. The van der Waals surface area contributed by atoms with Crippen LogP contribution in [0.5, 0.6) is 0 Å². The van der Waals surface area contributed by atoms with Gasteiger partial charge in [-0.05, 0) is 0 Å². The quantitative estimate of drug-likeness (QED) is 0.526. The number of nitrogens with zero attached hydrogens (tertiary/aromatic N) is 2. The van der Waals surface area contributed by atoms with Crippen molar-refractivity contribution >= 4 is 11.6 Å². The van der Waals surface area contributed by atoms with E-state index in [1.165, 1.54) is 12.3 Å². The Hall–Kier alpha value is -1.89. The van der Waals surface area contributed by atoms with Gasteiger partial charge in [0.2, 0.25) is 5.91 Å². The molecule has 0 saturated heterocycles. The lowest BCUT2D eigenvalue weighted by Crippen LogP contribution is -2.29. The van der Waals surface area contributed by atoms with Gasteiger partial charge in [-0.2, -0.15) is 5.10 Å². The number of aromatic nitrogens is 2. The minimum Gasteiger partial charge on any atom is -0.382 e. The molecule has 0 unspecified atom stereocenters. The van der Waals surface area contributed by atoms with Gasteiger partial charge in [0.15, 0.2) is 0 Å². The highest BCUT2D eigenvalue weighted by molar-refractivity contribution is 5.73. The van der Waals surface area contributed by atoms with Crippen LogP contribution in [0.25, 0.3) is 0 Å². The lowest BCUT2D eigenvalue weighted by Gasteiger charge is -2.05. The molecule has 0 aromatic carbocycles. The summed E-state index contributed by atoms with van der Waals surface area (Å²) in [6, 6.07) is 1.34. The molecule has 0 aliphatic rings. The lowest BCUT2D eigenvalue weighted by atomic mass is 10.4. The Kier molecular flexibility index (Phi) is 3.81. The highest BCUT2D eigenvalue weighted by atomic mass is 16.2. The van der Waals surface area contributed by atoms with Gasteiger partial charge in [0.1, 0.15) is 6.54 Å². The molecule has 1 aromatic heterocycles. The summed E-state index contributed by atoms with van der Waals surface area (Å²) in [5, 5.41) is 6.67.